The summed E-state index contributed by atoms with van der Waals surface area (Å²) in [5.74, 6) is 3.34. The number of aliphatic imine (C=N–C) groups is 1. The summed E-state index contributed by atoms with van der Waals surface area (Å²) in [5.41, 5.74) is 1.13. The summed E-state index contributed by atoms with van der Waals surface area (Å²) in [6, 6.07) is 5.98. The molecule has 1 saturated carbocycles. The Labute approximate surface area is 125 Å². The molecule has 0 spiro atoms. The molecule has 0 radical (unpaired) electrons. The number of rotatable bonds is 5. The quantitative estimate of drug-likeness (QED) is 0.645. The smallest absolute Gasteiger partial charge is 0.231 e. The van der Waals surface area contributed by atoms with Gasteiger partial charge in [-0.15, -0.1) is 0 Å². The molecule has 3 rings (SSSR count). The summed E-state index contributed by atoms with van der Waals surface area (Å²) in [7, 11) is 0. The van der Waals surface area contributed by atoms with E-state index in [9.17, 15) is 0 Å². The molecule has 0 saturated heterocycles. The molecule has 1 heterocycles. The van der Waals surface area contributed by atoms with Crippen molar-refractivity contribution in [2.45, 2.75) is 32.7 Å². The number of hydrogen-bond donors (Lipinski definition) is 2. The fourth-order valence-corrected chi connectivity index (χ4v) is 2.49. The van der Waals surface area contributed by atoms with E-state index in [4.69, 9.17) is 9.47 Å². The summed E-state index contributed by atoms with van der Waals surface area (Å²) in [5, 5.41) is 6.72. The van der Waals surface area contributed by atoms with Gasteiger partial charge in [-0.25, -0.2) is 4.99 Å². The zero-order valence-electron chi connectivity index (χ0n) is 12.5. The molecule has 5 heteroatoms. The molecule has 114 valence electrons. The second-order valence-corrected chi connectivity index (χ2v) is 5.56. The van der Waals surface area contributed by atoms with Crippen LogP contribution in [-0.2, 0) is 6.54 Å². The first-order valence-corrected chi connectivity index (χ1v) is 7.76. The minimum Gasteiger partial charge on any atom is -0.454 e. The topological polar surface area (TPSA) is 54.9 Å². The van der Waals surface area contributed by atoms with Crippen LogP contribution in [-0.4, -0.2) is 25.8 Å². The van der Waals surface area contributed by atoms with E-state index in [1.54, 1.807) is 0 Å². The maximum absolute atomic E-state index is 5.39. The van der Waals surface area contributed by atoms with Crippen LogP contribution in [0.4, 0.5) is 0 Å². The minimum atomic E-state index is 0.313. The largest absolute Gasteiger partial charge is 0.454 e. The van der Waals surface area contributed by atoms with Gasteiger partial charge in [0.2, 0.25) is 6.79 Å². The van der Waals surface area contributed by atoms with Crippen molar-refractivity contribution in [3.8, 4) is 11.5 Å². The number of guanidine groups is 1. The molecule has 0 bridgehead atoms. The molecule has 1 aromatic carbocycles. The Hall–Kier alpha value is -1.91. The van der Waals surface area contributed by atoms with Crippen LogP contribution < -0.4 is 20.1 Å². The average molecular weight is 289 g/mol. The summed E-state index contributed by atoms with van der Waals surface area (Å²) in [6.07, 6.45) is 4.06. The van der Waals surface area contributed by atoms with Gasteiger partial charge in [-0.05, 0) is 43.4 Å². The minimum absolute atomic E-state index is 0.313. The van der Waals surface area contributed by atoms with Gasteiger partial charge in [-0.2, -0.15) is 0 Å². The Morgan fingerprint density at radius 1 is 1.24 bits per heavy atom. The highest BCUT2D eigenvalue weighted by Gasteiger charge is 2.17. The van der Waals surface area contributed by atoms with E-state index in [1.165, 1.54) is 19.3 Å². The van der Waals surface area contributed by atoms with Crippen LogP contribution in [0.1, 0.15) is 31.7 Å². The Kier molecular flexibility index (Phi) is 4.48. The Morgan fingerprint density at radius 3 is 2.86 bits per heavy atom. The predicted molar refractivity (Wildman–Crippen MR) is 82.7 cm³/mol. The van der Waals surface area contributed by atoms with Gasteiger partial charge in [0.15, 0.2) is 17.5 Å². The van der Waals surface area contributed by atoms with E-state index < -0.39 is 0 Å². The van der Waals surface area contributed by atoms with Gasteiger partial charge in [0.1, 0.15) is 0 Å². The number of hydrogen-bond acceptors (Lipinski definition) is 3. The lowest BCUT2D eigenvalue weighted by Gasteiger charge is -2.26. The zero-order valence-corrected chi connectivity index (χ0v) is 12.5. The Balaban J connectivity index is 1.57. The van der Waals surface area contributed by atoms with Crippen molar-refractivity contribution in [3.05, 3.63) is 23.8 Å². The van der Waals surface area contributed by atoms with Gasteiger partial charge < -0.3 is 20.1 Å². The van der Waals surface area contributed by atoms with Crippen LogP contribution in [0.25, 0.3) is 0 Å². The van der Waals surface area contributed by atoms with Crippen LogP contribution in [0, 0.1) is 5.92 Å². The number of ether oxygens (including phenoxy) is 2. The van der Waals surface area contributed by atoms with Crippen LogP contribution in [0.2, 0.25) is 0 Å². The molecule has 0 unspecified atom stereocenters. The van der Waals surface area contributed by atoms with Crippen molar-refractivity contribution < 1.29 is 9.47 Å². The van der Waals surface area contributed by atoms with E-state index in [1.807, 2.05) is 18.2 Å². The molecule has 0 atom stereocenters. The van der Waals surface area contributed by atoms with E-state index in [0.717, 1.165) is 42.0 Å². The lowest BCUT2D eigenvalue weighted by molar-refractivity contribution is 0.174. The van der Waals surface area contributed by atoms with Crippen LogP contribution in [0.3, 0.4) is 0 Å². The summed E-state index contributed by atoms with van der Waals surface area (Å²) >= 11 is 0. The molecule has 0 amide bonds. The van der Waals surface area contributed by atoms with Gasteiger partial charge in [-0.1, -0.05) is 12.5 Å². The van der Waals surface area contributed by atoms with Gasteiger partial charge in [-0.3, -0.25) is 0 Å². The van der Waals surface area contributed by atoms with Crippen molar-refractivity contribution in [2.75, 3.05) is 19.9 Å². The highest BCUT2D eigenvalue weighted by molar-refractivity contribution is 5.79. The lowest BCUT2D eigenvalue weighted by Crippen LogP contribution is -2.40. The van der Waals surface area contributed by atoms with E-state index in [0.29, 0.717) is 13.3 Å². The molecule has 1 aliphatic heterocycles. The summed E-state index contributed by atoms with van der Waals surface area (Å²) < 4.78 is 10.7. The Bertz CT molecular complexity index is 512. The lowest BCUT2D eigenvalue weighted by atomic mass is 9.85. The predicted octanol–water partition coefficient (Wildman–Crippen LogP) is 2.27. The highest BCUT2D eigenvalue weighted by atomic mass is 16.7. The van der Waals surface area contributed by atoms with Crippen molar-refractivity contribution >= 4 is 5.96 Å². The van der Waals surface area contributed by atoms with Crippen molar-refractivity contribution in [3.63, 3.8) is 0 Å². The Morgan fingerprint density at radius 2 is 2.10 bits per heavy atom. The zero-order chi connectivity index (χ0) is 14.5. The molecule has 1 aromatic rings. The molecule has 5 nitrogen and oxygen atoms in total. The normalized spacial score (nSPS) is 17.5. The molecule has 21 heavy (non-hydrogen) atoms. The second kappa shape index (κ2) is 6.70. The van der Waals surface area contributed by atoms with E-state index in [-0.39, 0.29) is 0 Å². The third-order valence-electron chi connectivity index (χ3n) is 3.98. The maximum Gasteiger partial charge on any atom is 0.231 e. The number of benzene rings is 1. The third kappa shape index (κ3) is 3.60. The first-order chi connectivity index (χ1) is 10.3. The SMILES string of the molecule is CCNC(=NCc1ccc2c(c1)OCO2)NCC1CCC1. The van der Waals surface area contributed by atoms with E-state index in [2.05, 4.69) is 22.5 Å². The second-order valence-electron chi connectivity index (χ2n) is 5.56. The first-order valence-electron chi connectivity index (χ1n) is 7.76. The number of fused-ring (bicyclic) bond motifs is 1. The third-order valence-corrected chi connectivity index (χ3v) is 3.98. The molecule has 1 aliphatic carbocycles. The molecular formula is C16H23N3O2. The van der Waals surface area contributed by atoms with Gasteiger partial charge in [0, 0.05) is 13.1 Å². The van der Waals surface area contributed by atoms with Gasteiger partial charge in [0.05, 0.1) is 6.54 Å². The fraction of sp³-hybridized carbons (Fsp3) is 0.562. The van der Waals surface area contributed by atoms with Crippen LogP contribution >= 0.6 is 0 Å². The molecule has 2 N–H and O–H groups in total. The number of nitrogens with one attached hydrogen (secondary N) is 2. The standard InChI is InChI=1S/C16H23N3O2/c1-2-17-16(18-9-12-4-3-5-12)19-10-13-6-7-14-15(8-13)21-11-20-14/h6-8,12H,2-5,9-11H2,1H3,(H2,17,18,19). The van der Waals surface area contributed by atoms with E-state index >= 15 is 0 Å². The highest BCUT2D eigenvalue weighted by Crippen LogP contribution is 2.32. The fourth-order valence-electron chi connectivity index (χ4n) is 2.49. The monoisotopic (exact) mass is 289 g/mol. The average Bonchev–Trinajstić information content (AvgIpc) is 2.90. The van der Waals surface area contributed by atoms with Crippen molar-refractivity contribution in [2.24, 2.45) is 10.9 Å². The number of nitrogens with zero attached hydrogens (tertiary/aromatic N) is 1. The van der Waals surface area contributed by atoms with Gasteiger partial charge >= 0.3 is 0 Å². The van der Waals surface area contributed by atoms with Crippen LogP contribution in [0.15, 0.2) is 23.2 Å². The maximum atomic E-state index is 5.39. The summed E-state index contributed by atoms with van der Waals surface area (Å²) in [6.45, 7) is 4.93. The molecular weight excluding hydrogens is 266 g/mol. The molecule has 2 aliphatic rings. The molecule has 0 aromatic heterocycles. The van der Waals surface area contributed by atoms with Crippen LogP contribution in [0.5, 0.6) is 11.5 Å². The molecule has 1 fully saturated rings. The van der Waals surface area contributed by atoms with Crippen molar-refractivity contribution in [1.29, 1.82) is 0 Å². The summed E-state index contributed by atoms with van der Waals surface area (Å²) in [4.78, 5) is 4.64. The van der Waals surface area contributed by atoms with Gasteiger partial charge in [0.25, 0.3) is 0 Å². The van der Waals surface area contributed by atoms with Crippen molar-refractivity contribution in [1.82, 2.24) is 10.6 Å². The first kappa shape index (κ1) is 14.0.